The molecule has 30 heavy (non-hydrogen) atoms. The highest BCUT2D eigenvalue weighted by molar-refractivity contribution is 5.79. The Morgan fingerprint density at radius 3 is 2.63 bits per heavy atom. The Balaban J connectivity index is 1.40. The van der Waals surface area contributed by atoms with Crippen LogP contribution in [0.2, 0.25) is 0 Å². The summed E-state index contributed by atoms with van der Waals surface area (Å²) in [4.78, 5) is 19.5. The van der Waals surface area contributed by atoms with E-state index in [1.807, 2.05) is 25.1 Å². The number of hydrogen-bond acceptors (Lipinski definition) is 5. The monoisotopic (exact) mass is 409 g/mol. The molecule has 2 aromatic carbocycles. The third-order valence-electron chi connectivity index (χ3n) is 4.75. The van der Waals surface area contributed by atoms with Crippen molar-refractivity contribution in [3.63, 3.8) is 0 Å². The molecular weight excluding hydrogens is 382 g/mol. The summed E-state index contributed by atoms with van der Waals surface area (Å²) in [5, 5.41) is 20.6. The Labute approximate surface area is 175 Å². The molecule has 0 amide bonds. The van der Waals surface area contributed by atoms with Crippen molar-refractivity contribution in [2.24, 2.45) is 4.99 Å². The Bertz CT molecular complexity index is 1030. The maximum absolute atomic E-state index is 11.0. The second-order valence-electron chi connectivity index (χ2n) is 6.78. The highest BCUT2D eigenvalue weighted by Crippen LogP contribution is 2.22. The number of hydrogen-bond donors (Lipinski definition) is 3. The fourth-order valence-corrected chi connectivity index (χ4v) is 3.30. The largest absolute Gasteiger partial charge is 0.378 e. The molecule has 0 atom stereocenters. The van der Waals surface area contributed by atoms with Gasteiger partial charge in [0.15, 0.2) is 5.96 Å². The molecule has 1 aromatic heterocycles. The SMILES string of the molecule is CN=C(NCCCn1c(C)nc2ccccc21)NCCNc1ccccc1[N+](=O)[O-]. The van der Waals surface area contributed by atoms with Gasteiger partial charge in [0.2, 0.25) is 0 Å². The second-order valence-corrected chi connectivity index (χ2v) is 6.78. The molecule has 0 aliphatic heterocycles. The number of fused-ring (bicyclic) bond motifs is 1. The number of benzene rings is 2. The lowest BCUT2D eigenvalue weighted by molar-refractivity contribution is -0.384. The van der Waals surface area contributed by atoms with Gasteiger partial charge in [-0.2, -0.15) is 0 Å². The van der Waals surface area contributed by atoms with Crippen molar-refractivity contribution in [1.29, 1.82) is 0 Å². The predicted molar refractivity (Wildman–Crippen MR) is 120 cm³/mol. The van der Waals surface area contributed by atoms with Gasteiger partial charge in [-0.15, -0.1) is 0 Å². The zero-order valence-corrected chi connectivity index (χ0v) is 17.3. The van der Waals surface area contributed by atoms with E-state index in [2.05, 4.69) is 36.6 Å². The van der Waals surface area contributed by atoms with Crippen LogP contribution < -0.4 is 16.0 Å². The molecule has 0 aliphatic carbocycles. The Morgan fingerprint density at radius 2 is 1.83 bits per heavy atom. The molecule has 158 valence electrons. The lowest BCUT2D eigenvalue weighted by Crippen LogP contribution is -2.40. The van der Waals surface area contributed by atoms with E-state index in [9.17, 15) is 10.1 Å². The van der Waals surface area contributed by atoms with Crippen molar-refractivity contribution in [2.45, 2.75) is 19.9 Å². The molecule has 0 unspecified atom stereocenters. The van der Waals surface area contributed by atoms with Crippen molar-refractivity contribution >= 4 is 28.4 Å². The average molecular weight is 409 g/mol. The summed E-state index contributed by atoms with van der Waals surface area (Å²) in [6.45, 7) is 4.78. The van der Waals surface area contributed by atoms with Crippen molar-refractivity contribution in [3.8, 4) is 0 Å². The van der Waals surface area contributed by atoms with E-state index in [1.54, 1.807) is 25.2 Å². The van der Waals surface area contributed by atoms with E-state index in [4.69, 9.17) is 0 Å². The fraction of sp³-hybridized carbons (Fsp3) is 0.333. The van der Waals surface area contributed by atoms with Crippen LogP contribution in [0.3, 0.4) is 0 Å². The minimum atomic E-state index is -0.387. The number of para-hydroxylation sites is 4. The number of nitrogens with one attached hydrogen (secondary N) is 3. The predicted octanol–water partition coefficient (Wildman–Crippen LogP) is 2.92. The number of aliphatic imine (C=N–C) groups is 1. The number of nitrogens with zero attached hydrogens (tertiary/aromatic N) is 4. The van der Waals surface area contributed by atoms with Crippen LogP contribution >= 0.6 is 0 Å². The number of nitro groups is 1. The first-order valence-corrected chi connectivity index (χ1v) is 9.94. The van der Waals surface area contributed by atoms with Gasteiger partial charge in [-0.3, -0.25) is 15.1 Å². The second kappa shape index (κ2) is 10.2. The Morgan fingerprint density at radius 1 is 1.10 bits per heavy atom. The topological polar surface area (TPSA) is 109 Å². The van der Waals surface area contributed by atoms with Crippen molar-refractivity contribution < 1.29 is 4.92 Å². The lowest BCUT2D eigenvalue weighted by atomic mass is 10.2. The average Bonchev–Trinajstić information content (AvgIpc) is 3.07. The van der Waals surface area contributed by atoms with Crippen LogP contribution in [0.15, 0.2) is 53.5 Å². The van der Waals surface area contributed by atoms with Crippen LogP contribution in [-0.4, -0.2) is 47.1 Å². The van der Waals surface area contributed by atoms with Gasteiger partial charge < -0.3 is 20.5 Å². The van der Waals surface area contributed by atoms with Crippen LogP contribution in [0.25, 0.3) is 11.0 Å². The molecular formula is C21H27N7O2. The smallest absolute Gasteiger partial charge is 0.292 e. The van der Waals surface area contributed by atoms with Crippen LogP contribution in [0.1, 0.15) is 12.2 Å². The van der Waals surface area contributed by atoms with Crippen molar-refractivity contribution in [1.82, 2.24) is 20.2 Å². The summed E-state index contributed by atoms with van der Waals surface area (Å²) in [5.41, 5.74) is 2.75. The van der Waals surface area contributed by atoms with Crippen LogP contribution in [0.5, 0.6) is 0 Å². The highest BCUT2D eigenvalue weighted by atomic mass is 16.6. The number of rotatable bonds is 9. The van der Waals surface area contributed by atoms with Gasteiger partial charge in [-0.05, 0) is 31.5 Å². The molecule has 3 N–H and O–H groups in total. The summed E-state index contributed by atoms with van der Waals surface area (Å²) >= 11 is 0. The summed E-state index contributed by atoms with van der Waals surface area (Å²) in [5.74, 6) is 1.71. The van der Waals surface area contributed by atoms with Gasteiger partial charge >= 0.3 is 0 Å². The van der Waals surface area contributed by atoms with E-state index >= 15 is 0 Å². The fourth-order valence-electron chi connectivity index (χ4n) is 3.30. The Kier molecular flexibility index (Phi) is 7.20. The number of anilines is 1. The number of imidazole rings is 1. The number of guanidine groups is 1. The highest BCUT2D eigenvalue weighted by Gasteiger charge is 2.11. The maximum atomic E-state index is 11.0. The molecule has 0 saturated heterocycles. The molecule has 0 bridgehead atoms. The molecule has 0 aliphatic rings. The summed E-state index contributed by atoms with van der Waals surface area (Å²) in [6.07, 6.45) is 0.927. The third-order valence-corrected chi connectivity index (χ3v) is 4.75. The first kappa shape index (κ1) is 21.1. The maximum Gasteiger partial charge on any atom is 0.292 e. The van der Waals surface area contributed by atoms with Crippen LogP contribution in [-0.2, 0) is 6.54 Å². The molecule has 9 nitrogen and oxygen atoms in total. The number of aryl methyl sites for hydroxylation is 2. The standard InChI is InChI=1S/C21H27N7O2/c1-16-26-18-9-4-5-10-19(18)27(16)15-7-12-24-21(22-2)25-14-13-23-17-8-3-6-11-20(17)28(29)30/h3-6,8-11,23H,7,12-15H2,1-2H3,(H2,22,24,25). The van der Waals surface area contributed by atoms with Crippen molar-refractivity contribution in [3.05, 3.63) is 64.5 Å². The zero-order chi connectivity index (χ0) is 21.3. The lowest BCUT2D eigenvalue weighted by Gasteiger charge is -2.13. The quantitative estimate of drug-likeness (QED) is 0.165. The van der Waals surface area contributed by atoms with Gasteiger partial charge in [-0.25, -0.2) is 4.98 Å². The van der Waals surface area contributed by atoms with E-state index in [-0.39, 0.29) is 10.6 Å². The number of nitro benzene ring substituents is 1. The first-order chi connectivity index (χ1) is 14.6. The molecule has 3 aromatic rings. The third kappa shape index (κ3) is 5.25. The molecule has 0 radical (unpaired) electrons. The molecule has 0 fully saturated rings. The normalized spacial score (nSPS) is 11.5. The Hall–Kier alpha value is -3.62. The minimum Gasteiger partial charge on any atom is -0.378 e. The van der Waals surface area contributed by atoms with E-state index in [1.165, 1.54) is 6.07 Å². The summed E-state index contributed by atoms with van der Waals surface area (Å²) in [6, 6.07) is 14.8. The zero-order valence-electron chi connectivity index (χ0n) is 17.3. The van der Waals surface area contributed by atoms with Gasteiger partial charge in [0.05, 0.1) is 16.0 Å². The summed E-state index contributed by atoms with van der Waals surface area (Å²) in [7, 11) is 1.72. The van der Waals surface area contributed by atoms with E-state index < -0.39 is 0 Å². The van der Waals surface area contributed by atoms with E-state index in [0.29, 0.717) is 24.7 Å². The van der Waals surface area contributed by atoms with Crippen LogP contribution in [0, 0.1) is 17.0 Å². The number of aromatic nitrogens is 2. The van der Waals surface area contributed by atoms with Gasteiger partial charge in [0.25, 0.3) is 5.69 Å². The van der Waals surface area contributed by atoms with Gasteiger partial charge in [0.1, 0.15) is 11.5 Å². The van der Waals surface area contributed by atoms with Gasteiger partial charge in [0, 0.05) is 39.3 Å². The molecule has 0 spiro atoms. The minimum absolute atomic E-state index is 0.0716. The molecule has 1 heterocycles. The van der Waals surface area contributed by atoms with E-state index in [0.717, 1.165) is 36.4 Å². The van der Waals surface area contributed by atoms with Crippen LogP contribution in [0.4, 0.5) is 11.4 Å². The molecule has 0 saturated carbocycles. The summed E-state index contributed by atoms with van der Waals surface area (Å²) < 4.78 is 2.23. The van der Waals surface area contributed by atoms with Crippen molar-refractivity contribution in [2.75, 3.05) is 32.0 Å². The van der Waals surface area contributed by atoms with Gasteiger partial charge in [-0.1, -0.05) is 24.3 Å². The molecule has 3 rings (SSSR count). The first-order valence-electron chi connectivity index (χ1n) is 9.94. The molecule has 9 heteroatoms.